The first kappa shape index (κ1) is 20.7. The second kappa shape index (κ2) is 8.45. The zero-order chi connectivity index (χ0) is 23.8. The van der Waals surface area contributed by atoms with Crippen LogP contribution in [0.3, 0.4) is 0 Å². The number of aromatic nitrogens is 5. The molecule has 0 aliphatic carbocycles. The fraction of sp³-hybridized carbons (Fsp3) is 0.0769. The molecule has 0 saturated heterocycles. The number of nitrogens with zero attached hydrogens (tertiary/aromatic N) is 6. The first-order valence-corrected chi connectivity index (χ1v) is 11.1. The first-order valence-electron chi connectivity index (χ1n) is 11.1. The van der Waals surface area contributed by atoms with Crippen LogP contribution in [0.2, 0.25) is 0 Å². The number of carbonyl (C=O) groups excluding carboxylic acids is 2. The Bertz CT molecular complexity index is 1560. The van der Waals surface area contributed by atoms with E-state index in [1.54, 1.807) is 22.0 Å². The number of tetrazole rings is 1. The number of carbonyl (C=O) groups is 2. The number of anilines is 3. The van der Waals surface area contributed by atoms with E-state index < -0.39 is 0 Å². The van der Waals surface area contributed by atoms with Gasteiger partial charge < -0.3 is 5.32 Å². The maximum Gasteiger partial charge on any atom is 0.241 e. The molecule has 3 heterocycles. The lowest BCUT2D eigenvalue weighted by molar-refractivity contribution is -0.124. The minimum Gasteiger partial charge on any atom is -0.323 e. The maximum atomic E-state index is 13.1. The van der Waals surface area contributed by atoms with E-state index in [0.29, 0.717) is 29.3 Å². The van der Waals surface area contributed by atoms with Crippen LogP contribution in [0.25, 0.3) is 16.5 Å². The van der Waals surface area contributed by atoms with Gasteiger partial charge in [0.25, 0.3) is 0 Å². The van der Waals surface area contributed by atoms with E-state index in [9.17, 15) is 9.59 Å². The van der Waals surface area contributed by atoms with Crippen LogP contribution in [0.1, 0.15) is 17.8 Å². The van der Waals surface area contributed by atoms with Gasteiger partial charge >= 0.3 is 0 Å². The molecule has 2 amide bonds. The summed E-state index contributed by atoms with van der Waals surface area (Å²) in [5.41, 5.74) is 3.72. The molecular weight excluding hydrogens is 442 g/mol. The molecule has 35 heavy (non-hydrogen) atoms. The average Bonchev–Trinajstić information content (AvgIpc) is 3.29. The van der Waals surface area contributed by atoms with Gasteiger partial charge in [-0.05, 0) is 63.8 Å². The number of benzene rings is 3. The van der Waals surface area contributed by atoms with Crippen molar-refractivity contribution in [3.8, 4) is 5.69 Å². The van der Waals surface area contributed by atoms with Crippen molar-refractivity contribution in [2.45, 2.75) is 12.8 Å². The molecule has 0 saturated carbocycles. The molecule has 1 aliphatic heterocycles. The second-order valence-corrected chi connectivity index (χ2v) is 8.19. The third-order valence-electron chi connectivity index (χ3n) is 5.97. The lowest BCUT2D eigenvalue weighted by Crippen LogP contribution is -2.26. The van der Waals surface area contributed by atoms with E-state index in [-0.39, 0.29) is 18.2 Å². The van der Waals surface area contributed by atoms with Gasteiger partial charge in [-0.25, -0.2) is 0 Å². The van der Waals surface area contributed by atoms with Gasteiger partial charge in [-0.3, -0.25) is 19.5 Å². The van der Waals surface area contributed by atoms with Crippen LogP contribution in [0.4, 0.5) is 17.1 Å². The zero-order valence-corrected chi connectivity index (χ0v) is 18.5. The highest BCUT2D eigenvalue weighted by molar-refractivity contribution is 6.21. The van der Waals surface area contributed by atoms with Gasteiger partial charge in [-0.2, -0.15) is 4.68 Å². The zero-order valence-electron chi connectivity index (χ0n) is 18.5. The van der Waals surface area contributed by atoms with Crippen LogP contribution < -0.4 is 10.2 Å². The number of rotatable bonds is 4. The third-order valence-corrected chi connectivity index (χ3v) is 5.97. The summed E-state index contributed by atoms with van der Waals surface area (Å²) >= 11 is 0. The molecule has 3 aromatic carbocycles. The molecule has 9 heteroatoms. The number of fused-ring (bicyclic) bond motifs is 3. The normalized spacial score (nSPS) is 13.4. The molecule has 0 atom stereocenters. The van der Waals surface area contributed by atoms with Crippen molar-refractivity contribution >= 4 is 39.6 Å². The predicted octanol–water partition coefficient (Wildman–Crippen LogP) is 3.81. The minimum atomic E-state index is -0.332. The molecule has 170 valence electrons. The number of nitrogens with one attached hydrogen (secondary N) is 1. The molecule has 0 radical (unpaired) electrons. The Labute approximate surface area is 200 Å². The fourth-order valence-corrected chi connectivity index (χ4v) is 4.34. The van der Waals surface area contributed by atoms with E-state index in [0.717, 1.165) is 22.0 Å². The summed E-state index contributed by atoms with van der Waals surface area (Å²) in [5.74, 6) is 0.0488. The second-order valence-electron chi connectivity index (χ2n) is 8.19. The SMILES string of the molecule is O=C1CC(=O)N(c2ccc(-n3nnnc3Cc3ccncc3)cc2)c2ccc3ccccc3c2N1. The molecule has 1 aliphatic rings. The van der Waals surface area contributed by atoms with Gasteiger partial charge in [0, 0.05) is 29.9 Å². The van der Waals surface area contributed by atoms with Crippen LogP contribution in [-0.4, -0.2) is 37.0 Å². The molecule has 9 nitrogen and oxygen atoms in total. The Balaban J connectivity index is 1.38. The molecule has 5 aromatic rings. The van der Waals surface area contributed by atoms with Crippen molar-refractivity contribution < 1.29 is 9.59 Å². The van der Waals surface area contributed by atoms with Crippen LogP contribution >= 0.6 is 0 Å². The molecule has 0 bridgehead atoms. The Kier molecular flexibility index (Phi) is 4.99. The van der Waals surface area contributed by atoms with Crippen molar-refractivity contribution in [3.05, 3.63) is 96.6 Å². The van der Waals surface area contributed by atoms with Gasteiger partial charge in [-0.1, -0.05) is 30.3 Å². The van der Waals surface area contributed by atoms with E-state index in [1.165, 1.54) is 0 Å². The van der Waals surface area contributed by atoms with Gasteiger partial charge in [0.2, 0.25) is 11.8 Å². The highest BCUT2D eigenvalue weighted by atomic mass is 16.2. The lowest BCUT2D eigenvalue weighted by atomic mass is 10.1. The summed E-state index contributed by atoms with van der Waals surface area (Å²) in [6.45, 7) is 0. The molecule has 0 fully saturated rings. The Morgan fingerprint density at radius 1 is 0.857 bits per heavy atom. The standard InChI is InChI=1S/C26H19N7O2/c34-24-16-25(35)32(22-10-5-18-3-1-2-4-21(18)26(22)28-24)19-6-8-20(9-7-19)33-23(29-30-31-33)15-17-11-13-27-14-12-17/h1-14H,15-16H2,(H,28,34). The van der Waals surface area contributed by atoms with Crippen molar-refractivity contribution in [2.24, 2.45) is 0 Å². The molecule has 2 aromatic heterocycles. The summed E-state index contributed by atoms with van der Waals surface area (Å²) in [5, 5.41) is 16.9. The quantitative estimate of drug-likeness (QED) is 0.408. The van der Waals surface area contributed by atoms with Crippen molar-refractivity contribution in [3.63, 3.8) is 0 Å². The number of hydrogen-bond acceptors (Lipinski definition) is 6. The number of amides is 2. The van der Waals surface area contributed by atoms with Crippen LogP contribution in [0, 0.1) is 0 Å². The Hall–Kier alpha value is -4.92. The summed E-state index contributed by atoms with van der Waals surface area (Å²) in [4.78, 5) is 31.2. The maximum absolute atomic E-state index is 13.1. The fourth-order valence-electron chi connectivity index (χ4n) is 4.34. The molecule has 0 unspecified atom stereocenters. The van der Waals surface area contributed by atoms with E-state index >= 15 is 0 Å². The van der Waals surface area contributed by atoms with Crippen molar-refractivity contribution in [1.29, 1.82) is 0 Å². The van der Waals surface area contributed by atoms with Crippen LogP contribution in [-0.2, 0) is 16.0 Å². The summed E-state index contributed by atoms with van der Waals surface area (Å²) in [6.07, 6.45) is 3.78. The van der Waals surface area contributed by atoms with E-state index in [4.69, 9.17) is 0 Å². The van der Waals surface area contributed by atoms with Gasteiger partial charge in [-0.15, -0.1) is 5.10 Å². The smallest absolute Gasteiger partial charge is 0.241 e. The average molecular weight is 461 g/mol. The molecule has 1 N–H and O–H groups in total. The lowest BCUT2D eigenvalue weighted by Gasteiger charge is -2.23. The van der Waals surface area contributed by atoms with Gasteiger partial charge in [0.1, 0.15) is 6.42 Å². The topological polar surface area (TPSA) is 106 Å². The number of pyridine rings is 1. The molecule has 6 rings (SSSR count). The largest absolute Gasteiger partial charge is 0.323 e. The number of hydrogen-bond donors (Lipinski definition) is 1. The highest BCUT2D eigenvalue weighted by Crippen LogP contribution is 2.40. The monoisotopic (exact) mass is 461 g/mol. The minimum absolute atomic E-state index is 0.242. The molecule has 0 spiro atoms. The van der Waals surface area contributed by atoms with Gasteiger partial charge in [0.05, 0.1) is 17.1 Å². The Morgan fingerprint density at radius 3 is 2.46 bits per heavy atom. The predicted molar refractivity (Wildman–Crippen MR) is 131 cm³/mol. The van der Waals surface area contributed by atoms with E-state index in [1.807, 2.05) is 72.8 Å². The van der Waals surface area contributed by atoms with Crippen LogP contribution in [0.15, 0.2) is 85.2 Å². The van der Waals surface area contributed by atoms with E-state index in [2.05, 4.69) is 25.8 Å². The summed E-state index contributed by atoms with van der Waals surface area (Å²) in [6, 6.07) is 22.8. The van der Waals surface area contributed by atoms with Crippen LogP contribution in [0.5, 0.6) is 0 Å². The summed E-state index contributed by atoms with van der Waals surface area (Å²) < 4.78 is 1.67. The third kappa shape index (κ3) is 3.78. The Morgan fingerprint density at radius 2 is 1.63 bits per heavy atom. The first-order chi connectivity index (χ1) is 17.2. The van der Waals surface area contributed by atoms with Gasteiger partial charge in [0.15, 0.2) is 5.82 Å². The van der Waals surface area contributed by atoms with Crippen molar-refractivity contribution in [2.75, 3.05) is 10.2 Å². The highest BCUT2D eigenvalue weighted by Gasteiger charge is 2.28. The molecular formula is C26H19N7O2. The summed E-state index contributed by atoms with van der Waals surface area (Å²) in [7, 11) is 0. The van der Waals surface area contributed by atoms with Crippen molar-refractivity contribution in [1.82, 2.24) is 25.2 Å².